The number of rotatable bonds is 3. The van der Waals surface area contributed by atoms with Gasteiger partial charge in [0.25, 0.3) is 5.69 Å². The van der Waals surface area contributed by atoms with Crippen LogP contribution < -0.4 is 5.32 Å². The molecule has 0 saturated carbocycles. The van der Waals surface area contributed by atoms with E-state index in [1.165, 1.54) is 6.07 Å². The zero-order valence-electron chi connectivity index (χ0n) is 11.5. The number of anilines is 1. The fourth-order valence-corrected chi connectivity index (χ4v) is 4.19. The number of benzene rings is 1. The fourth-order valence-electron chi connectivity index (χ4n) is 2.55. The molecule has 6 nitrogen and oxygen atoms in total. The van der Waals surface area contributed by atoms with Gasteiger partial charge in [-0.25, -0.2) is 8.42 Å². The van der Waals surface area contributed by atoms with Gasteiger partial charge in [0.15, 0.2) is 9.84 Å². The van der Waals surface area contributed by atoms with E-state index in [0.29, 0.717) is 17.7 Å². The van der Waals surface area contributed by atoms with Crippen LogP contribution in [0.1, 0.15) is 24.0 Å². The van der Waals surface area contributed by atoms with Gasteiger partial charge in [0, 0.05) is 23.4 Å². The molecule has 7 heteroatoms. The van der Waals surface area contributed by atoms with Crippen LogP contribution in [0.4, 0.5) is 11.4 Å². The van der Waals surface area contributed by atoms with Crippen molar-refractivity contribution in [2.24, 2.45) is 0 Å². The molecule has 1 saturated heterocycles. The van der Waals surface area contributed by atoms with Gasteiger partial charge in [-0.15, -0.1) is 0 Å². The molecule has 1 aliphatic heterocycles. The van der Waals surface area contributed by atoms with Crippen LogP contribution in [0, 0.1) is 24.0 Å². The topological polar surface area (TPSA) is 89.3 Å². The number of nitro groups is 1. The molecular formula is C13H18N2O4S. The van der Waals surface area contributed by atoms with Gasteiger partial charge >= 0.3 is 0 Å². The normalized spacial score (nSPS) is 21.4. The van der Waals surface area contributed by atoms with Crippen molar-refractivity contribution in [2.45, 2.75) is 32.7 Å². The summed E-state index contributed by atoms with van der Waals surface area (Å²) in [4.78, 5) is 10.5. The van der Waals surface area contributed by atoms with E-state index < -0.39 is 14.8 Å². The second-order valence-electron chi connectivity index (χ2n) is 5.31. The van der Waals surface area contributed by atoms with Crippen LogP contribution in [0.2, 0.25) is 0 Å². The lowest BCUT2D eigenvalue weighted by molar-refractivity contribution is -0.385. The van der Waals surface area contributed by atoms with Crippen molar-refractivity contribution in [1.29, 1.82) is 0 Å². The number of nitro benzene ring substituents is 1. The van der Waals surface area contributed by atoms with E-state index >= 15 is 0 Å². The summed E-state index contributed by atoms with van der Waals surface area (Å²) >= 11 is 0. The summed E-state index contributed by atoms with van der Waals surface area (Å²) in [7, 11) is -3.00. The van der Waals surface area contributed by atoms with Gasteiger partial charge < -0.3 is 5.32 Å². The van der Waals surface area contributed by atoms with Gasteiger partial charge in [-0.1, -0.05) is 0 Å². The number of nitrogens with one attached hydrogen (secondary N) is 1. The van der Waals surface area contributed by atoms with E-state index in [1.807, 2.05) is 6.92 Å². The zero-order chi connectivity index (χ0) is 14.9. The Kier molecular flexibility index (Phi) is 3.99. The van der Waals surface area contributed by atoms with Gasteiger partial charge in [-0.3, -0.25) is 10.1 Å². The van der Waals surface area contributed by atoms with Crippen LogP contribution in [-0.2, 0) is 9.84 Å². The highest BCUT2D eigenvalue weighted by molar-refractivity contribution is 7.91. The minimum Gasteiger partial charge on any atom is -0.381 e. The Hall–Kier alpha value is -1.63. The standard InChI is InChI=1S/C13H18N2O4S/c1-9-6-10(2)13(15(16)17)7-12(9)14-11-4-3-5-20(18,19)8-11/h6-7,11,14H,3-5,8H2,1-2H3. The maximum absolute atomic E-state index is 11.6. The van der Waals surface area contributed by atoms with E-state index in [2.05, 4.69) is 5.32 Å². The molecule has 110 valence electrons. The Bertz CT molecular complexity index is 640. The van der Waals surface area contributed by atoms with Gasteiger partial charge in [-0.05, 0) is 38.3 Å². The van der Waals surface area contributed by atoms with Crippen molar-refractivity contribution in [3.8, 4) is 0 Å². The number of aryl methyl sites for hydroxylation is 2. The van der Waals surface area contributed by atoms with Crippen molar-refractivity contribution < 1.29 is 13.3 Å². The SMILES string of the molecule is Cc1cc(C)c([N+](=O)[O-])cc1NC1CCCS(=O)(=O)C1. The summed E-state index contributed by atoms with van der Waals surface area (Å²) < 4.78 is 23.2. The summed E-state index contributed by atoms with van der Waals surface area (Å²) in [6.45, 7) is 3.55. The molecule has 1 aromatic rings. The molecule has 0 bridgehead atoms. The monoisotopic (exact) mass is 298 g/mol. The Balaban J connectivity index is 2.25. The predicted octanol–water partition coefficient (Wildman–Crippen LogP) is 2.20. The Labute approximate surface area is 118 Å². The van der Waals surface area contributed by atoms with Crippen LogP contribution in [0.25, 0.3) is 0 Å². The predicted molar refractivity (Wildman–Crippen MR) is 77.9 cm³/mol. The third-order valence-corrected chi connectivity index (χ3v) is 5.38. The van der Waals surface area contributed by atoms with Crippen molar-refractivity contribution in [3.63, 3.8) is 0 Å². The molecule has 1 heterocycles. The van der Waals surface area contributed by atoms with Gasteiger partial charge in [0.05, 0.1) is 16.4 Å². The van der Waals surface area contributed by atoms with Crippen molar-refractivity contribution in [1.82, 2.24) is 0 Å². The largest absolute Gasteiger partial charge is 0.381 e. The first-order chi connectivity index (χ1) is 9.28. The maximum atomic E-state index is 11.6. The van der Waals surface area contributed by atoms with Gasteiger partial charge in [-0.2, -0.15) is 0 Å². The number of nitrogens with zero attached hydrogens (tertiary/aromatic N) is 1. The lowest BCUT2D eigenvalue weighted by atomic mass is 10.1. The minimum atomic E-state index is -3.00. The lowest BCUT2D eigenvalue weighted by Crippen LogP contribution is -2.35. The lowest BCUT2D eigenvalue weighted by Gasteiger charge is -2.25. The van der Waals surface area contributed by atoms with Crippen molar-refractivity contribution >= 4 is 21.2 Å². The molecule has 0 aromatic heterocycles. The first-order valence-corrected chi connectivity index (χ1v) is 8.33. The Morgan fingerprint density at radius 2 is 2.00 bits per heavy atom. The first-order valence-electron chi connectivity index (χ1n) is 6.51. The summed E-state index contributed by atoms with van der Waals surface area (Å²) in [5, 5.41) is 14.1. The molecule has 1 fully saturated rings. The molecule has 1 unspecified atom stereocenters. The number of hydrogen-bond donors (Lipinski definition) is 1. The summed E-state index contributed by atoms with van der Waals surface area (Å²) in [6, 6.07) is 3.07. The summed E-state index contributed by atoms with van der Waals surface area (Å²) in [6.07, 6.45) is 1.40. The summed E-state index contributed by atoms with van der Waals surface area (Å²) in [5.41, 5.74) is 2.19. The zero-order valence-corrected chi connectivity index (χ0v) is 12.4. The average molecular weight is 298 g/mol. The average Bonchev–Trinajstić information content (AvgIpc) is 2.31. The molecule has 0 amide bonds. The fraction of sp³-hybridized carbons (Fsp3) is 0.538. The van der Waals surface area contributed by atoms with Crippen LogP contribution in [-0.4, -0.2) is 30.9 Å². The molecule has 0 spiro atoms. The van der Waals surface area contributed by atoms with Crippen LogP contribution in [0.3, 0.4) is 0 Å². The quantitative estimate of drug-likeness (QED) is 0.682. The molecule has 0 aliphatic carbocycles. The van der Waals surface area contributed by atoms with Gasteiger partial charge in [0.1, 0.15) is 0 Å². The molecule has 2 rings (SSSR count). The summed E-state index contributed by atoms with van der Waals surface area (Å²) in [5.74, 6) is 0.326. The third kappa shape index (κ3) is 3.27. The molecule has 1 aliphatic rings. The first kappa shape index (κ1) is 14.8. The van der Waals surface area contributed by atoms with E-state index in [0.717, 1.165) is 12.0 Å². The Morgan fingerprint density at radius 1 is 1.30 bits per heavy atom. The minimum absolute atomic E-state index is 0.0526. The molecule has 0 radical (unpaired) electrons. The number of sulfone groups is 1. The third-order valence-electron chi connectivity index (χ3n) is 3.56. The molecule has 1 N–H and O–H groups in total. The highest BCUT2D eigenvalue weighted by atomic mass is 32.2. The smallest absolute Gasteiger partial charge is 0.274 e. The molecule has 20 heavy (non-hydrogen) atoms. The second kappa shape index (κ2) is 5.40. The molecule has 1 aromatic carbocycles. The van der Waals surface area contributed by atoms with Crippen molar-refractivity contribution in [3.05, 3.63) is 33.4 Å². The maximum Gasteiger partial charge on any atom is 0.274 e. The Morgan fingerprint density at radius 3 is 2.60 bits per heavy atom. The molecule has 1 atom stereocenters. The highest BCUT2D eigenvalue weighted by Crippen LogP contribution is 2.28. The van der Waals surface area contributed by atoms with Gasteiger partial charge in [0.2, 0.25) is 0 Å². The number of hydrogen-bond acceptors (Lipinski definition) is 5. The highest BCUT2D eigenvalue weighted by Gasteiger charge is 2.25. The van der Waals surface area contributed by atoms with Crippen LogP contribution in [0.15, 0.2) is 12.1 Å². The van der Waals surface area contributed by atoms with E-state index in [9.17, 15) is 18.5 Å². The van der Waals surface area contributed by atoms with E-state index in [-0.39, 0.29) is 23.2 Å². The van der Waals surface area contributed by atoms with E-state index in [4.69, 9.17) is 0 Å². The van der Waals surface area contributed by atoms with E-state index in [1.54, 1.807) is 13.0 Å². The molecular weight excluding hydrogens is 280 g/mol. The van der Waals surface area contributed by atoms with Crippen LogP contribution in [0.5, 0.6) is 0 Å². The van der Waals surface area contributed by atoms with Crippen LogP contribution >= 0.6 is 0 Å². The second-order valence-corrected chi connectivity index (χ2v) is 7.54. The van der Waals surface area contributed by atoms with Crippen molar-refractivity contribution in [2.75, 3.05) is 16.8 Å².